The minimum absolute atomic E-state index is 0.00647. The van der Waals surface area contributed by atoms with E-state index < -0.39 is 0 Å². The van der Waals surface area contributed by atoms with Gasteiger partial charge in [-0.05, 0) is 12.1 Å². The van der Waals surface area contributed by atoms with E-state index in [0.29, 0.717) is 22.8 Å². The second-order valence-corrected chi connectivity index (χ2v) is 6.62. The van der Waals surface area contributed by atoms with Gasteiger partial charge in [-0.15, -0.1) is 0 Å². The van der Waals surface area contributed by atoms with E-state index in [1.165, 1.54) is 10.5 Å². The van der Waals surface area contributed by atoms with Gasteiger partial charge >= 0.3 is 0 Å². The molecule has 0 radical (unpaired) electrons. The van der Waals surface area contributed by atoms with Gasteiger partial charge in [0, 0.05) is 11.1 Å². The molecule has 6 nitrogen and oxygen atoms in total. The standard InChI is InChI=1S/C21H26N2O4/c1-25-18-13-17(14-19(26-2)20(18)27-3)21(24)23-11-9-22(10-12-23)15-16-7-5-4-6-8-16/h4-8,13-14H,9-12,15H2,1-3H3/p+1. The number of nitrogens with zero attached hydrogens (tertiary/aromatic N) is 1. The van der Waals surface area contributed by atoms with Gasteiger partial charge in [0.1, 0.15) is 6.54 Å². The Balaban J connectivity index is 1.67. The molecule has 3 rings (SSSR count). The van der Waals surface area contributed by atoms with Crippen LogP contribution in [-0.2, 0) is 6.54 Å². The summed E-state index contributed by atoms with van der Waals surface area (Å²) in [5, 5.41) is 0. The molecule has 2 aromatic rings. The van der Waals surface area contributed by atoms with Crippen LogP contribution < -0.4 is 19.1 Å². The maximum atomic E-state index is 13.0. The van der Waals surface area contributed by atoms with Crippen LogP contribution in [0.2, 0.25) is 0 Å². The van der Waals surface area contributed by atoms with Crippen molar-refractivity contribution < 1.29 is 23.9 Å². The lowest BCUT2D eigenvalue weighted by Crippen LogP contribution is -3.13. The van der Waals surface area contributed by atoms with Gasteiger partial charge in [0.15, 0.2) is 11.5 Å². The van der Waals surface area contributed by atoms with Gasteiger partial charge in [-0.2, -0.15) is 0 Å². The van der Waals surface area contributed by atoms with Gasteiger partial charge < -0.3 is 24.0 Å². The highest BCUT2D eigenvalue weighted by Gasteiger charge is 2.26. The Hall–Kier alpha value is -2.73. The summed E-state index contributed by atoms with van der Waals surface area (Å²) >= 11 is 0. The predicted octanol–water partition coefficient (Wildman–Crippen LogP) is 1.25. The Kier molecular flexibility index (Phi) is 6.19. The smallest absolute Gasteiger partial charge is 0.254 e. The van der Waals surface area contributed by atoms with Crippen LogP contribution in [0.4, 0.5) is 0 Å². The molecule has 0 aliphatic carbocycles. The van der Waals surface area contributed by atoms with Crippen molar-refractivity contribution in [3.8, 4) is 17.2 Å². The van der Waals surface area contributed by atoms with E-state index in [-0.39, 0.29) is 5.91 Å². The fraction of sp³-hybridized carbons (Fsp3) is 0.381. The number of quaternary nitrogens is 1. The monoisotopic (exact) mass is 371 g/mol. The Morgan fingerprint density at radius 2 is 1.56 bits per heavy atom. The third-order valence-electron chi connectivity index (χ3n) is 4.97. The molecular weight excluding hydrogens is 344 g/mol. The minimum Gasteiger partial charge on any atom is -0.493 e. The van der Waals surface area contributed by atoms with Crippen molar-refractivity contribution in [3.63, 3.8) is 0 Å². The number of ether oxygens (including phenoxy) is 3. The number of hydrogen-bond acceptors (Lipinski definition) is 4. The lowest BCUT2D eigenvalue weighted by Gasteiger charge is -2.32. The largest absolute Gasteiger partial charge is 0.493 e. The fourth-order valence-corrected chi connectivity index (χ4v) is 3.47. The van der Waals surface area contributed by atoms with Crippen LogP contribution in [-0.4, -0.2) is 58.3 Å². The highest BCUT2D eigenvalue weighted by Crippen LogP contribution is 2.38. The summed E-state index contributed by atoms with van der Waals surface area (Å²) in [5.74, 6) is 1.48. The molecule has 27 heavy (non-hydrogen) atoms. The quantitative estimate of drug-likeness (QED) is 0.831. The topological polar surface area (TPSA) is 52.4 Å². The molecule has 0 atom stereocenters. The molecule has 1 aliphatic heterocycles. The zero-order chi connectivity index (χ0) is 19.2. The van der Waals surface area contributed by atoms with Crippen molar-refractivity contribution in [3.05, 3.63) is 53.6 Å². The number of carbonyl (C=O) groups is 1. The molecule has 144 valence electrons. The van der Waals surface area contributed by atoms with E-state index in [1.807, 2.05) is 11.0 Å². The van der Waals surface area contributed by atoms with Crippen molar-refractivity contribution in [2.75, 3.05) is 47.5 Å². The number of piperazine rings is 1. The van der Waals surface area contributed by atoms with Gasteiger partial charge in [0.25, 0.3) is 5.91 Å². The lowest BCUT2D eigenvalue weighted by molar-refractivity contribution is -0.917. The third kappa shape index (κ3) is 4.34. The number of methoxy groups -OCH3 is 3. The third-order valence-corrected chi connectivity index (χ3v) is 4.97. The number of hydrogen-bond donors (Lipinski definition) is 1. The summed E-state index contributed by atoms with van der Waals surface area (Å²) in [6.45, 7) is 4.33. The van der Waals surface area contributed by atoms with E-state index >= 15 is 0 Å². The molecule has 1 heterocycles. The van der Waals surface area contributed by atoms with Gasteiger partial charge in [-0.1, -0.05) is 30.3 Å². The van der Waals surface area contributed by atoms with Crippen LogP contribution >= 0.6 is 0 Å². The summed E-state index contributed by atoms with van der Waals surface area (Å²) in [5.41, 5.74) is 1.88. The number of carbonyl (C=O) groups excluding carboxylic acids is 1. The molecule has 0 aromatic heterocycles. The first-order chi connectivity index (χ1) is 13.2. The Bertz CT molecular complexity index is 746. The van der Waals surface area contributed by atoms with Gasteiger partial charge in [0.05, 0.1) is 47.5 Å². The summed E-state index contributed by atoms with van der Waals surface area (Å²) in [7, 11) is 4.66. The maximum Gasteiger partial charge on any atom is 0.254 e. The molecule has 1 aliphatic rings. The van der Waals surface area contributed by atoms with Crippen LogP contribution in [0.25, 0.3) is 0 Å². The molecule has 0 saturated carbocycles. The van der Waals surface area contributed by atoms with Gasteiger partial charge in [0.2, 0.25) is 5.75 Å². The van der Waals surface area contributed by atoms with Gasteiger partial charge in [-0.3, -0.25) is 4.79 Å². The highest BCUT2D eigenvalue weighted by molar-refractivity contribution is 5.95. The van der Waals surface area contributed by atoms with Crippen molar-refractivity contribution >= 4 is 5.91 Å². The van der Waals surface area contributed by atoms with Crippen LogP contribution in [0.3, 0.4) is 0 Å². The summed E-state index contributed by atoms with van der Waals surface area (Å²) in [4.78, 5) is 16.4. The normalized spacial score (nSPS) is 14.7. The minimum atomic E-state index is -0.00647. The molecule has 0 spiro atoms. The van der Waals surface area contributed by atoms with Crippen molar-refractivity contribution in [1.82, 2.24) is 4.90 Å². The molecule has 0 unspecified atom stereocenters. The number of benzene rings is 2. The molecule has 1 amide bonds. The van der Waals surface area contributed by atoms with Crippen LogP contribution in [0.15, 0.2) is 42.5 Å². The zero-order valence-electron chi connectivity index (χ0n) is 16.2. The van der Waals surface area contributed by atoms with E-state index in [1.54, 1.807) is 33.5 Å². The van der Waals surface area contributed by atoms with E-state index in [9.17, 15) is 4.79 Å². The van der Waals surface area contributed by atoms with Gasteiger partial charge in [-0.25, -0.2) is 0 Å². The second-order valence-electron chi connectivity index (χ2n) is 6.62. The first-order valence-corrected chi connectivity index (χ1v) is 9.13. The first-order valence-electron chi connectivity index (χ1n) is 9.13. The van der Waals surface area contributed by atoms with Crippen LogP contribution in [0.5, 0.6) is 17.2 Å². The average molecular weight is 371 g/mol. The van der Waals surface area contributed by atoms with Crippen molar-refractivity contribution in [2.24, 2.45) is 0 Å². The Morgan fingerprint density at radius 1 is 0.963 bits per heavy atom. The molecule has 0 bridgehead atoms. The zero-order valence-corrected chi connectivity index (χ0v) is 16.2. The van der Waals surface area contributed by atoms with Crippen molar-refractivity contribution in [1.29, 1.82) is 0 Å². The van der Waals surface area contributed by atoms with Crippen molar-refractivity contribution in [2.45, 2.75) is 6.54 Å². The van der Waals surface area contributed by atoms with E-state index in [2.05, 4.69) is 24.3 Å². The SMILES string of the molecule is COc1cc(C(=O)N2CC[NH+](Cc3ccccc3)CC2)cc(OC)c1OC. The number of rotatable bonds is 6. The number of amides is 1. The number of nitrogens with one attached hydrogen (secondary N) is 1. The van der Waals surface area contributed by atoms with E-state index in [0.717, 1.165) is 32.7 Å². The summed E-state index contributed by atoms with van der Waals surface area (Å²) < 4.78 is 16.1. The molecular formula is C21H27N2O4+. The predicted molar refractivity (Wildman–Crippen MR) is 103 cm³/mol. The molecule has 2 aromatic carbocycles. The molecule has 1 N–H and O–H groups in total. The molecule has 1 fully saturated rings. The molecule has 1 saturated heterocycles. The lowest BCUT2D eigenvalue weighted by atomic mass is 10.1. The Morgan fingerprint density at radius 3 is 2.07 bits per heavy atom. The van der Waals surface area contributed by atoms with E-state index in [4.69, 9.17) is 14.2 Å². The van der Waals surface area contributed by atoms with Crippen LogP contribution in [0.1, 0.15) is 15.9 Å². The fourth-order valence-electron chi connectivity index (χ4n) is 3.47. The highest BCUT2D eigenvalue weighted by atomic mass is 16.5. The molecule has 6 heteroatoms. The summed E-state index contributed by atoms with van der Waals surface area (Å²) in [6, 6.07) is 13.9. The Labute approximate surface area is 160 Å². The maximum absolute atomic E-state index is 13.0. The first kappa shape index (κ1) is 19.0. The average Bonchev–Trinajstić information content (AvgIpc) is 2.73. The van der Waals surface area contributed by atoms with Crippen LogP contribution in [0, 0.1) is 0 Å². The summed E-state index contributed by atoms with van der Waals surface area (Å²) in [6.07, 6.45) is 0. The second kappa shape index (κ2) is 8.77.